The molecule has 0 saturated heterocycles. The number of aliphatic hydroxyl groups excluding tert-OH is 1. The number of imidazole rings is 1. The van der Waals surface area contributed by atoms with E-state index in [4.69, 9.17) is 4.98 Å². The topological polar surface area (TPSA) is 61.8 Å². The van der Waals surface area contributed by atoms with Crippen molar-refractivity contribution < 1.29 is 5.11 Å². The Bertz CT molecular complexity index is 1990. The summed E-state index contributed by atoms with van der Waals surface area (Å²) in [5, 5.41) is 23.9. The number of nitriles is 1. The number of aliphatic hydroxyl groups is 1. The summed E-state index contributed by atoms with van der Waals surface area (Å²) in [5.74, 6) is 0. The number of hydrogen-bond acceptors (Lipinski definition) is 3. The first-order chi connectivity index (χ1) is 21.7. The molecule has 7 aromatic rings. The van der Waals surface area contributed by atoms with Gasteiger partial charge in [-0.2, -0.15) is 5.26 Å². The minimum Gasteiger partial charge on any atom is -0.382 e. The Morgan fingerprint density at radius 2 is 1.20 bits per heavy atom. The van der Waals surface area contributed by atoms with Crippen LogP contribution in [0.25, 0.3) is 21.9 Å². The molecule has 4 heteroatoms. The van der Waals surface area contributed by atoms with Gasteiger partial charge in [-0.1, -0.05) is 140 Å². The van der Waals surface area contributed by atoms with Crippen molar-refractivity contribution in [2.24, 2.45) is 0 Å². The Morgan fingerprint density at radius 3 is 1.82 bits per heavy atom. The predicted octanol–water partition coefficient (Wildman–Crippen LogP) is 8.50. The lowest BCUT2D eigenvalue weighted by Crippen LogP contribution is -2.37. The van der Waals surface area contributed by atoms with Gasteiger partial charge >= 0.3 is 0 Å². The second kappa shape index (κ2) is 11.5. The maximum atomic E-state index is 11.8. The summed E-state index contributed by atoms with van der Waals surface area (Å²) in [6.45, 7) is 0. The molecule has 1 heterocycles. The minimum atomic E-state index is -1.00. The lowest BCUT2D eigenvalue weighted by molar-refractivity contribution is 0.215. The third kappa shape index (κ3) is 4.57. The van der Waals surface area contributed by atoms with E-state index < -0.39 is 11.6 Å². The molecule has 1 aromatic heterocycles. The van der Waals surface area contributed by atoms with Crippen LogP contribution < -0.4 is 0 Å². The maximum absolute atomic E-state index is 11.8. The summed E-state index contributed by atoms with van der Waals surface area (Å²) >= 11 is 0. The summed E-state index contributed by atoms with van der Waals surface area (Å²) in [5.41, 5.74) is 5.98. The molecule has 1 unspecified atom stereocenters. The van der Waals surface area contributed by atoms with Gasteiger partial charge in [-0.3, -0.25) is 0 Å². The van der Waals surface area contributed by atoms with E-state index in [0.29, 0.717) is 16.8 Å². The molecular weight excluding hydrogens is 538 g/mol. The van der Waals surface area contributed by atoms with Crippen LogP contribution in [0.4, 0.5) is 0 Å². The van der Waals surface area contributed by atoms with Crippen LogP contribution >= 0.6 is 0 Å². The predicted molar refractivity (Wildman–Crippen MR) is 175 cm³/mol. The van der Waals surface area contributed by atoms with Crippen LogP contribution in [0.5, 0.6) is 0 Å². The van der Waals surface area contributed by atoms with Gasteiger partial charge in [-0.05, 0) is 50.7 Å². The lowest BCUT2D eigenvalue weighted by Gasteiger charge is -2.37. The van der Waals surface area contributed by atoms with Crippen LogP contribution in [0.1, 0.15) is 39.6 Å². The fourth-order valence-electron chi connectivity index (χ4n) is 6.33. The molecule has 0 amide bonds. The first-order valence-corrected chi connectivity index (χ1v) is 14.6. The van der Waals surface area contributed by atoms with E-state index in [9.17, 15) is 10.4 Å². The van der Waals surface area contributed by atoms with Crippen LogP contribution in [0.3, 0.4) is 0 Å². The highest BCUT2D eigenvalue weighted by Crippen LogP contribution is 2.41. The monoisotopic (exact) mass is 567 g/mol. The molecule has 44 heavy (non-hydrogen) atoms. The number of nitrogens with zero attached hydrogens (tertiary/aromatic N) is 3. The molecule has 4 nitrogen and oxygen atoms in total. The second-order valence-corrected chi connectivity index (χ2v) is 10.9. The number of rotatable bonds is 7. The zero-order chi connectivity index (χ0) is 29.9. The van der Waals surface area contributed by atoms with Gasteiger partial charge in [-0.25, -0.2) is 4.98 Å². The van der Waals surface area contributed by atoms with Crippen LogP contribution in [0.15, 0.2) is 164 Å². The van der Waals surface area contributed by atoms with E-state index in [1.165, 1.54) is 0 Å². The zero-order valence-electron chi connectivity index (χ0n) is 24.0. The van der Waals surface area contributed by atoms with E-state index in [-0.39, 0.29) is 0 Å². The van der Waals surface area contributed by atoms with E-state index in [0.717, 1.165) is 38.6 Å². The van der Waals surface area contributed by atoms with Gasteiger partial charge in [0.05, 0.1) is 23.7 Å². The van der Waals surface area contributed by atoms with E-state index in [1.807, 2.05) is 97.2 Å². The third-order valence-electron chi connectivity index (χ3n) is 8.40. The zero-order valence-corrected chi connectivity index (χ0v) is 24.0. The molecule has 0 saturated carbocycles. The maximum Gasteiger partial charge on any atom is 0.123 e. The molecule has 0 spiro atoms. The second-order valence-electron chi connectivity index (χ2n) is 10.9. The smallest absolute Gasteiger partial charge is 0.123 e. The Balaban J connectivity index is 1.37. The lowest BCUT2D eigenvalue weighted by atomic mass is 9.77. The highest BCUT2D eigenvalue weighted by Gasteiger charge is 2.38. The van der Waals surface area contributed by atoms with E-state index in [1.54, 1.807) is 12.4 Å². The van der Waals surface area contributed by atoms with Crippen molar-refractivity contribution in [2.45, 2.75) is 11.6 Å². The van der Waals surface area contributed by atoms with Crippen LogP contribution in [0, 0.1) is 11.3 Å². The van der Waals surface area contributed by atoms with Gasteiger partial charge in [0.1, 0.15) is 11.6 Å². The first-order valence-electron chi connectivity index (χ1n) is 14.6. The fraction of sp³-hybridized carbons (Fsp3) is 0.0500. The molecule has 210 valence electrons. The molecule has 0 aliphatic carbocycles. The van der Waals surface area contributed by atoms with Crippen LogP contribution in [-0.2, 0) is 5.54 Å². The summed E-state index contributed by atoms with van der Waals surface area (Å²) < 4.78 is 2.10. The quantitative estimate of drug-likeness (QED) is 0.197. The molecule has 1 atom stereocenters. The molecule has 7 rings (SSSR count). The van der Waals surface area contributed by atoms with Crippen LogP contribution in [-0.4, -0.2) is 14.7 Å². The Morgan fingerprint density at radius 1 is 0.636 bits per heavy atom. The SMILES string of the molecule is N#Cc1ccc(C(O)c2cn(C(c3ccccc3)(c3ccccc3)c3ccccc3)cn2)cc1-c1cccc2ccccc12. The summed E-state index contributed by atoms with van der Waals surface area (Å²) in [6, 6.07) is 53.2. The van der Waals surface area contributed by atoms with Crippen molar-refractivity contribution in [3.8, 4) is 17.2 Å². The average Bonchev–Trinajstić information content (AvgIpc) is 3.60. The molecular formula is C40H29N3O. The van der Waals surface area contributed by atoms with Crippen molar-refractivity contribution in [3.63, 3.8) is 0 Å². The summed E-state index contributed by atoms with van der Waals surface area (Å²) in [6.07, 6.45) is 2.74. The normalized spacial score (nSPS) is 12.1. The molecule has 0 aliphatic heterocycles. The highest BCUT2D eigenvalue weighted by atomic mass is 16.3. The van der Waals surface area contributed by atoms with Crippen molar-refractivity contribution in [1.29, 1.82) is 5.26 Å². The van der Waals surface area contributed by atoms with Crippen molar-refractivity contribution >= 4 is 10.8 Å². The standard InChI is InChI=1S/C40H29N3O/c41-26-31-24-23-30(25-37(31)36-22-12-14-29-13-10-11-21-35(29)36)39(44)38-27-43(28-42-38)40(32-15-4-1-5-16-32,33-17-6-2-7-18-33)34-19-8-3-9-20-34/h1-25,27-28,39,44H. The Hall–Kier alpha value is -5.76. The van der Waals surface area contributed by atoms with E-state index in [2.05, 4.69) is 65.2 Å². The van der Waals surface area contributed by atoms with Crippen LogP contribution in [0.2, 0.25) is 0 Å². The van der Waals surface area contributed by atoms with Gasteiger partial charge in [0.2, 0.25) is 0 Å². The number of aromatic nitrogens is 2. The molecule has 0 aliphatic rings. The summed E-state index contributed by atoms with van der Waals surface area (Å²) in [7, 11) is 0. The molecule has 0 bridgehead atoms. The Labute approximate surface area is 256 Å². The average molecular weight is 568 g/mol. The molecule has 6 aromatic carbocycles. The van der Waals surface area contributed by atoms with Crippen molar-refractivity contribution in [3.05, 3.63) is 198 Å². The Kier molecular flexibility index (Phi) is 7.08. The fourth-order valence-corrected chi connectivity index (χ4v) is 6.33. The van der Waals surface area contributed by atoms with Gasteiger partial charge in [-0.15, -0.1) is 0 Å². The van der Waals surface area contributed by atoms with E-state index >= 15 is 0 Å². The van der Waals surface area contributed by atoms with Gasteiger partial charge in [0, 0.05) is 11.8 Å². The minimum absolute atomic E-state index is 0.519. The van der Waals surface area contributed by atoms with Crippen molar-refractivity contribution in [2.75, 3.05) is 0 Å². The molecule has 1 N–H and O–H groups in total. The summed E-state index contributed by atoms with van der Waals surface area (Å²) in [4.78, 5) is 4.78. The largest absolute Gasteiger partial charge is 0.382 e. The first kappa shape index (κ1) is 27.1. The van der Waals surface area contributed by atoms with Gasteiger partial charge < -0.3 is 9.67 Å². The highest BCUT2D eigenvalue weighted by molar-refractivity contribution is 5.97. The molecule has 0 radical (unpaired) electrons. The third-order valence-corrected chi connectivity index (χ3v) is 8.40. The number of benzene rings is 6. The number of fused-ring (bicyclic) bond motifs is 1. The number of hydrogen-bond donors (Lipinski definition) is 1. The van der Waals surface area contributed by atoms with Gasteiger partial charge in [0.25, 0.3) is 0 Å². The molecule has 0 fully saturated rings. The van der Waals surface area contributed by atoms with Gasteiger partial charge in [0.15, 0.2) is 0 Å². The van der Waals surface area contributed by atoms with Crippen molar-refractivity contribution in [1.82, 2.24) is 9.55 Å².